The van der Waals surface area contributed by atoms with Gasteiger partial charge in [0.2, 0.25) is 0 Å². The predicted molar refractivity (Wildman–Crippen MR) is 123 cm³/mol. The third kappa shape index (κ3) is 6.57. The summed E-state index contributed by atoms with van der Waals surface area (Å²) in [4.78, 5) is 24.1. The number of halogens is 2. The summed E-state index contributed by atoms with van der Waals surface area (Å²) in [5.74, 6) is -1.74. The highest BCUT2D eigenvalue weighted by molar-refractivity contribution is 6.32. The Balaban J connectivity index is 1.87. The summed E-state index contributed by atoms with van der Waals surface area (Å²) < 4.78 is 24.8. The van der Waals surface area contributed by atoms with Gasteiger partial charge in [-0.25, -0.2) is 9.18 Å². The maximum atomic E-state index is 13.4. The zero-order chi connectivity index (χ0) is 23.8. The van der Waals surface area contributed by atoms with E-state index in [4.69, 9.17) is 21.1 Å². The molecule has 0 bridgehead atoms. The summed E-state index contributed by atoms with van der Waals surface area (Å²) in [5, 5.41) is 12.1. The maximum Gasteiger partial charge on any atom is 0.352 e. The molecule has 3 aromatic rings. The van der Waals surface area contributed by atoms with Crippen LogP contribution in [0.4, 0.5) is 4.39 Å². The minimum absolute atomic E-state index is 0.0558. The molecule has 0 heterocycles. The third-order valence-electron chi connectivity index (χ3n) is 4.43. The van der Waals surface area contributed by atoms with Gasteiger partial charge in [-0.05, 0) is 60.5 Å². The molecule has 0 unspecified atom stereocenters. The maximum absolute atomic E-state index is 13.4. The fraction of sp³-hybridized carbons (Fsp3) is 0.120. The molecule has 2 N–H and O–H groups in total. The van der Waals surface area contributed by atoms with Crippen molar-refractivity contribution in [2.45, 2.75) is 13.5 Å². The Morgan fingerprint density at radius 1 is 1.06 bits per heavy atom. The van der Waals surface area contributed by atoms with E-state index in [-0.39, 0.29) is 34.6 Å². The fourth-order valence-electron chi connectivity index (χ4n) is 2.96. The topological polar surface area (TPSA) is 84.9 Å². The summed E-state index contributed by atoms with van der Waals surface area (Å²) in [6, 6.07) is 17.3. The van der Waals surface area contributed by atoms with Gasteiger partial charge >= 0.3 is 5.97 Å². The number of carbonyl (C=O) groups excluding carboxylic acids is 1. The van der Waals surface area contributed by atoms with Crippen LogP contribution in [0.25, 0.3) is 6.08 Å². The molecule has 0 aliphatic rings. The van der Waals surface area contributed by atoms with Crippen molar-refractivity contribution in [3.8, 4) is 11.5 Å². The Labute approximate surface area is 195 Å². The van der Waals surface area contributed by atoms with Crippen molar-refractivity contribution in [1.29, 1.82) is 0 Å². The van der Waals surface area contributed by atoms with E-state index in [2.05, 4.69) is 5.32 Å². The third-order valence-corrected chi connectivity index (χ3v) is 4.71. The lowest BCUT2D eigenvalue weighted by Crippen LogP contribution is -2.27. The summed E-state index contributed by atoms with van der Waals surface area (Å²) >= 11 is 6.39. The second-order valence-electron chi connectivity index (χ2n) is 6.86. The average Bonchev–Trinajstić information content (AvgIpc) is 2.79. The highest BCUT2D eigenvalue weighted by Gasteiger charge is 2.16. The number of amides is 1. The minimum Gasteiger partial charge on any atom is -0.490 e. The second kappa shape index (κ2) is 11.2. The predicted octanol–water partition coefficient (Wildman–Crippen LogP) is 5.31. The molecule has 33 heavy (non-hydrogen) atoms. The SMILES string of the molecule is CCOc1cc(C=C(NC(=O)c2ccccc2)C(=O)O)cc(Cl)c1OCc1cccc(F)c1. The van der Waals surface area contributed by atoms with Crippen LogP contribution in [0.2, 0.25) is 5.02 Å². The molecule has 6 nitrogen and oxygen atoms in total. The molecule has 0 radical (unpaired) electrons. The quantitative estimate of drug-likeness (QED) is 0.415. The lowest BCUT2D eigenvalue weighted by Gasteiger charge is -2.15. The van der Waals surface area contributed by atoms with E-state index in [1.54, 1.807) is 55.5 Å². The van der Waals surface area contributed by atoms with Crippen LogP contribution >= 0.6 is 11.6 Å². The van der Waals surface area contributed by atoms with Crippen molar-refractivity contribution >= 4 is 29.6 Å². The van der Waals surface area contributed by atoms with E-state index in [0.29, 0.717) is 23.3 Å². The van der Waals surface area contributed by atoms with Crippen molar-refractivity contribution in [2.75, 3.05) is 6.61 Å². The van der Waals surface area contributed by atoms with Gasteiger partial charge in [-0.15, -0.1) is 0 Å². The van der Waals surface area contributed by atoms with Gasteiger partial charge in [-0.1, -0.05) is 41.9 Å². The second-order valence-corrected chi connectivity index (χ2v) is 7.27. The molecule has 3 rings (SSSR count). The number of aliphatic carboxylic acids is 1. The van der Waals surface area contributed by atoms with Crippen molar-refractivity contribution in [3.05, 3.63) is 100.0 Å². The summed E-state index contributed by atoms with van der Waals surface area (Å²) in [5.41, 5.74) is 0.969. The lowest BCUT2D eigenvalue weighted by molar-refractivity contribution is -0.132. The molecular formula is C25H21ClFNO5. The molecule has 0 aliphatic carbocycles. The highest BCUT2D eigenvalue weighted by Crippen LogP contribution is 2.37. The Morgan fingerprint density at radius 2 is 1.82 bits per heavy atom. The van der Waals surface area contributed by atoms with Crippen molar-refractivity contribution in [1.82, 2.24) is 5.32 Å². The molecule has 0 aliphatic heterocycles. The van der Waals surface area contributed by atoms with Crippen molar-refractivity contribution in [3.63, 3.8) is 0 Å². The van der Waals surface area contributed by atoms with Crippen molar-refractivity contribution in [2.24, 2.45) is 0 Å². The van der Waals surface area contributed by atoms with Crippen LogP contribution in [0.1, 0.15) is 28.4 Å². The first-order valence-corrected chi connectivity index (χ1v) is 10.4. The number of carboxylic acids is 1. The lowest BCUT2D eigenvalue weighted by atomic mass is 10.1. The van der Waals surface area contributed by atoms with E-state index in [1.807, 2.05) is 0 Å². The van der Waals surface area contributed by atoms with Crippen LogP contribution in [0.5, 0.6) is 11.5 Å². The number of carbonyl (C=O) groups is 2. The van der Waals surface area contributed by atoms with E-state index in [1.165, 1.54) is 24.3 Å². The van der Waals surface area contributed by atoms with Crippen LogP contribution < -0.4 is 14.8 Å². The van der Waals surface area contributed by atoms with Crippen LogP contribution in [0.15, 0.2) is 72.4 Å². The average molecular weight is 470 g/mol. The van der Waals surface area contributed by atoms with E-state index in [0.717, 1.165) is 0 Å². The number of ether oxygens (including phenoxy) is 2. The van der Waals surface area contributed by atoms with Crippen LogP contribution in [-0.4, -0.2) is 23.6 Å². The minimum atomic E-state index is -1.32. The number of rotatable bonds is 9. The van der Waals surface area contributed by atoms with E-state index >= 15 is 0 Å². The first-order chi connectivity index (χ1) is 15.9. The Morgan fingerprint density at radius 3 is 2.48 bits per heavy atom. The zero-order valence-electron chi connectivity index (χ0n) is 17.7. The first-order valence-electron chi connectivity index (χ1n) is 10.0. The van der Waals surface area contributed by atoms with Crippen LogP contribution in [0, 0.1) is 5.82 Å². The van der Waals surface area contributed by atoms with Gasteiger partial charge in [0.15, 0.2) is 11.5 Å². The Bertz CT molecular complexity index is 1180. The molecule has 0 fully saturated rings. The molecule has 3 aromatic carbocycles. The fourth-order valence-corrected chi connectivity index (χ4v) is 3.23. The number of nitrogens with one attached hydrogen (secondary N) is 1. The standard InChI is InChI=1S/C25H21ClFNO5/c1-2-32-22-14-17(12-20(26)23(22)33-15-16-7-6-10-19(27)11-16)13-21(25(30)31)28-24(29)18-8-4-3-5-9-18/h3-14H,2,15H2,1H3,(H,28,29)(H,30,31). The summed E-state index contributed by atoms with van der Waals surface area (Å²) in [6.45, 7) is 2.13. The van der Waals surface area contributed by atoms with E-state index < -0.39 is 11.9 Å². The van der Waals surface area contributed by atoms with Crippen molar-refractivity contribution < 1.29 is 28.6 Å². The molecule has 8 heteroatoms. The molecule has 0 aromatic heterocycles. The smallest absolute Gasteiger partial charge is 0.352 e. The highest BCUT2D eigenvalue weighted by atomic mass is 35.5. The first kappa shape index (κ1) is 23.8. The largest absolute Gasteiger partial charge is 0.490 e. The van der Waals surface area contributed by atoms with Gasteiger partial charge in [-0.3, -0.25) is 4.79 Å². The molecule has 0 saturated heterocycles. The molecule has 170 valence electrons. The van der Waals surface area contributed by atoms with Crippen LogP contribution in [-0.2, 0) is 11.4 Å². The number of hydrogen-bond acceptors (Lipinski definition) is 4. The van der Waals surface area contributed by atoms with Gasteiger partial charge < -0.3 is 19.9 Å². The Kier molecular flexibility index (Phi) is 8.05. The van der Waals surface area contributed by atoms with Gasteiger partial charge in [0.1, 0.15) is 18.1 Å². The molecule has 0 spiro atoms. The zero-order valence-corrected chi connectivity index (χ0v) is 18.4. The summed E-state index contributed by atoms with van der Waals surface area (Å²) in [7, 11) is 0. The normalized spacial score (nSPS) is 11.1. The Hall–Kier alpha value is -3.84. The van der Waals surface area contributed by atoms with Crippen LogP contribution in [0.3, 0.4) is 0 Å². The number of carboxylic acid groups (broad SMARTS) is 1. The number of hydrogen-bond donors (Lipinski definition) is 2. The monoisotopic (exact) mass is 469 g/mol. The molecule has 0 saturated carbocycles. The van der Waals surface area contributed by atoms with Gasteiger partial charge in [0, 0.05) is 5.56 Å². The van der Waals surface area contributed by atoms with Gasteiger partial charge in [0.05, 0.1) is 11.6 Å². The van der Waals surface area contributed by atoms with E-state index in [9.17, 15) is 19.1 Å². The molecular weight excluding hydrogens is 449 g/mol. The summed E-state index contributed by atoms with van der Waals surface area (Å²) in [6.07, 6.45) is 1.27. The van der Waals surface area contributed by atoms with Gasteiger partial charge in [0.25, 0.3) is 5.91 Å². The molecule has 0 atom stereocenters. The number of benzene rings is 3. The van der Waals surface area contributed by atoms with Gasteiger partial charge in [-0.2, -0.15) is 0 Å². The molecule has 1 amide bonds.